The average Bonchev–Trinajstić information content (AvgIpc) is 3.06. The number of amides is 6. The molecule has 7 atom stereocenters. The molecule has 0 aliphatic carbocycles. The molecule has 0 saturated heterocycles. The van der Waals surface area contributed by atoms with Gasteiger partial charge in [0.25, 0.3) is 0 Å². The normalized spacial score (nSPS) is 15.2. The van der Waals surface area contributed by atoms with Crippen LogP contribution >= 0.6 is 88.4 Å². The highest BCUT2D eigenvalue weighted by atomic mass is 32.1. The van der Waals surface area contributed by atoms with Crippen LogP contribution < -0.4 is 37.6 Å². The fraction of sp³-hybridized carbons (Fsp3) is 0.750. The van der Waals surface area contributed by atoms with Crippen LogP contribution in [0, 0.1) is 0 Å². The second kappa shape index (κ2) is 28.2. The molecule has 0 aromatic rings. The van der Waals surface area contributed by atoms with Crippen LogP contribution in [0.15, 0.2) is 0 Å². The van der Waals surface area contributed by atoms with Crippen molar-refractivity contribution in [3.8, 4) is 0 Å². The Balaban J connectivity index is 5.83. The van der Waals surface area contributed by atoms with Crippen molar-refractivity contribution in [2.75, 3.05) is 40.3 Å². The first-order valence-corrected chi connectivity index (χ1v) is 20.2. The molecule has 9 N–H and O–H groups in total. The van der Waals surface area contributed by atoms with E-state index in [0.717, 1.165) is 0 Å². The molecule has 0 rings (SSSR count). The van der Waals surface area contributed by atoms with Gasteiger partial charge in [0.2, 0.25) is 35.4 Å². The number of thiol groups is 7. The minimum absolute atomic E-state index is 0.0447. The molecule has 0 radical (unpaired) electrons. The number of hydrogen-bond donors (Lipinski definition) is 15. The van der Waals surface area contributed by atoms with Crippen LogP contribution in [-0.2, 0) is 33.6 Å². The molecule has 50 heavy (non-hydrogen) atoms. The number of nitrogens with two attached hydrogens (primary N) is 1. The third kappa shape index (κ3) is 19.0. The lowest BCUT2D eigenvalue weighted by Crippen LogP contribution is -2.60. The summed E-state index contributed by atoms with van der Waals surface area (Å²) in [5, 5.41) is 24.7. The molecule has 0 aliphatic rings. The van der Waals surface area contributed by atoms with E-state index in [4.69, 9.17) is 5.73 Å². The molecule has 0 spiro atoms. The Hall–Kier alpha value is -1.30. The zero-order valence-electron chi connectivity index (χ0n) is 27.5. The minimum Gasteiger partial charge on any atom is -0.480 e. The highest BCUT2D eigenvalue weighted by Gasteiger charge is 2.33. The topological polar surface area (TPSA) is 238 Å². The first-order chi connectivity index (χ1) is 23.7. The summed E-state index contributed by atoms with van der Waals surface area (Å²) in [6.07, 6.45) is 0.720. The highest BCUT2D eigenvalue weighted by molar-refractivity contribution is 7.81. The molecular weight excluding hydrogens is 787 g/mol. The quantitative estimate of drug-likeness (QED) is 0.0433. The van der Waals surface area contributed by atoms with E-state index >= 15 is 0 Å². The van der Waals surface area contributed by atoms with Gasteiger partial charge in [0.1, 0.15) is 36.3 Å². The molecule has 15 nitrogen and oxygen atoms in total. The number of aliphatic carboxylic acids is 1. The molecule has 288 valence electrons. The fourth-order valence-electron chi connectivity index (χ4n) is 4.29. The molecule has 0 aromatic carbocycles. The Morgan fingerprint density at radius 2 is 0.580 bits per heavy atom. The Kier molecular flexibility index (Phi) is 27.5. The van der Waals surface area contributed by atoms with E-state index in [9.17, 15) is 38.7 Å². The number of rotatable bonds is 27. The van der Waals surface area contributed by atoms with Gasteiger partial charge in [-0.05, 0) is 85.2 Å². The third-order valence-electron chi connectivity index (χ3n) is 7.06. The summed E-state index contributed by atoms with van der Waals surface area (Å²) in [5.74, 6) is -3.92. The van der Waals surface area contributed by atoms with E-state index in [2.05, 4.69) is 120 Å². The van der Waals surface area contributed by atoms with Crippen LogP contribution in [0.3, 0.4) is 0 Å². The lowest BCUT2D eigenvalue weighted by atomic mass is 10.1. The Morgan fingerprint density at radius 3 is 0.800 bits per heavy atom. The van der Waals surface area contributed by atoms with Gasteiger partial charge in [-0.2, -0.15) is 88.4 Å². The van der Waals surface area contributed by atoms with Crippen LogP contribution in [-0.4, -0.2) is 129 Å². The van der Waals surface area contributed by atoms with Crippen molar-refractivity contribution in [1.82, 2.24) is 31.9 Å². The lowest BCUT2D eigenvalue weighted by molar-refractivity contribution is -0.142. The predicted octanol–water partition coefficient (Wildman–Crippen LogP) is -1.45. The molecule has 0 fully saturated rings. The van der Waals surface area contributed by atoms with Gasteiger partial charge in [-0.25, -0.2) is 4.79 Å². The lowest BCUT2D eigenvalue weighted by Gasteiger charge is -2.27. The van der Waals surface area contributed by atoms with Crippen LogP contribution in [0.25, 0.3) is 0 Å². The fourth-order valence-corrected chi connectivity index (χ4v) is 6.11. The van der Waals surface area contributed by atoms with Crippen LogP contribution in [0.1, 0.15) is 44.9 Å². The summed E-state index contributed by atoms with van der Waals surface area (Å²) in [6.45, 7) is 0. The predicted molar refractivity (Wildman–Crippen MR) is 216 cm³/mol. The van der Waals surface area contributed by atoms with E-state index < -0.39 is 83.7 Å². The Bertz CT molecular complexity index is 1110. The van der Waals surface area contributed by atoms with Crippen molar-refractivity contribution < 1.29 is 38.7 Å². The van der Waals surface area contributed by atoms with Gasteiger partial charge in [0.05, 0.1) is 6.04 Å². The summed E-state index contributed by atoms with van der Waals surface area (Å²) < 4.78 is 0. The van der Waals surface area contributed by atoms with E-state index in [1.54, 1.807) is 0 Å². The van der Waals surface area contributed by atoms with Crippen LogP contribution in [0.2, 0.25) is 0 Å². The monoisotopic (exact) mass is 837 g/mol. The van der Waals surface area contributed by atoms with Crippen molar-refractivity contribution >= 4 is 130 Å². The molecule has 22 heteroatoms. The first kappa shape index (κ1) is 48.7. The summed E-state index contributed by atoms with van der Waals surface area (Å²) in [4.78, 5) is 90.1. The number of carbonyl (C=O) groups excluding carboxylic acids is 6. The van der Waals surface area contributed by atoms with Gasteiger partial charge in [-0.3, -0.25) is 28.8 Å². The van der Waals surface area contributed by atoms with Crippen molar-refractivity contribution in [3.63, 3.8) is 0 Å². The van der Waals surface area contributed by atoms with Gasteiger partial charge in [-0.15, -0.1) is 0 Å². The second-order valence-corrected chi connectivity index (χ2v) is 14.0. The zero-order valence-corrected chi connectivity index (χ0v) is 33.7. The molecule has 0 heterocycles. The number of nitrogens with one attached hydrogen (secondary N) is 6. The van der Waals surface area contributed by atoms with Crippen molar-refractivity contribution in [2.45, 2.75) is 87.2 Å². The molecule has 0 bridgehead atoms. The van der Waals surface area contributed by atoms with Crippen molar-refractivity contribution in [3.05, 3.63) is 0 Å². The standard InChI is InChI=1S/C28H51N7O8S7/c29-15(1-8-44)22(36)30-16(2-9-45)23(37)31-17(3-10-46)24(38)32-18(4-11-47)25(39)33-19(5-12-48)26(40)34-20(6-13-49)27(41)35-21(7-14-50)28(42)43/h15-21,44-50H,1-14,29H2,(H,30,36)(H,31,37)(H,32,38)(H,33,39)(H,34,40)(H,35,41)(H,42,43)/t15-,16-,17-,18-,19-,20-,21-/m0/s1. The summed E-state index contributed by atoms with van der Waals surface area (Å²) in [6, 6.07) is -7.81. The maximum Gasteiger partial charge on any atom is 0.326 e. The van der Waals surface area contributed by atoms with E-state index in [1.807, 2.05) is 0 Å². The molecule has 0 aromatic heterocycles. The second-order valence-electron chi connectivity index (χ2n) is 10.9. The minimum atomic E-state index is -1.26. The Morgan fingerprint density at radius 1 is 0.380 bits per heavy atom. The molecule has 0 saturated carbocycles. The van der Waals surface area contributed by atoms with Gasteiger partial charge < -0.3 is 42.7 Å². The zero-order chi connectivity index (χ0) is 38.2. The number of carboxylic acid groups (broad SMARTS) is 1. The average molecular weight is 838 g/mol. The molecule has 0 aliphatic heterocycles. The molecular formula is C28H51N7O8S7. The van der Waals surface area contributed by atoms with E-state index in [1.165, 1.54) is 0 Å². The van der Waals surface area contributed by atoms with Crippen LogP contribution in [0.4, 0.5) is 0 Å². The maximum absolute atomic E-state index is 13.4. The highest BCUT2D eigenvalue weighted by Crippen LogP contribution is 2.07. The smallest absolute Gasteiger partial charge is 0.326 e. The number of carboxylic acids is 1. The Labute approximate surface area is 331 Å². The van der Waals surface area contributed by atoms with Gasteiger partial charge in [-0.1, -0.05) is 0 Å². The molecule has 0 unspecified atom stereocenters. The summed E-state index contributed by atoms with van der Waals surface area (Å²) in [7, 11) is 0. The number of carbonyl (C=O) groups is 7. The van der Waals surface area contributed by atoms with Crippen molar-refractivity contribution in [1.29, 1.82) is 0 Å². The van der Waals surface area contributed by atoms with Gasteiger partial charge in [0, 0.05) is 0 Å². The molecule has 6 amide bonds. The van der Waals surface area contributed by atoms with E-state index in [0.29, 0.717) is 5.75 Å². The SMILES string of the molecule is N[C@@H](CCS)C(=O)N[C@@H](CCS)C(=O)N[C@@H](CCS)C(=O)N[C@@H](CCS)C(=O)N[C@@H](CCS)C(=O)N[C@@H](CCS)C(=O)N[C@@H](CCS)C(=O)O. The van der Waals surface area contributed by atoms with Crippen molar-refractivity contribution in [2.24, 2.45) is 5.73 Å². The van der Waals surface area contributed by atoms with E-state index in [-0.39, 0.29) is 79.5 Å². The third-order valence-corrected chi connectivity index (χ3v) is 8.87. The van der Waals surface area contributed by atoms with Crippen LogP contribution in [0.5, 0.6) is 0 Å². The van der Waals surface area contributed by atoms with Gasteiger partial charge >= 0.3 is 5.97 Å². The maximum atomic E-state index is 13.4. The first-order valence-electron chi connectivity index (χ1n) is 15.8. The summed E-state index contributed by atoms with van der Waals surface area (Å²) in [5.41, 5.74) is 5.84. The largest absolute Gasteiger partial charge is 0.480 e. The van der Waals surface area contributed by atoms with Gasteiger partial charge in [0.15, 0.2) is 0 Å². The summed E-state index contributed by atoms with van der Waals surface area (Å²) >= 11 is 28.9. The number of hydrogen-bond acceptors (Lipinski definition) is 15.